The second kappa shape index (κ2) is 8.87. The van der Waals surface area contributed by atoms with Crippen LogP contribution in [-0.2, 0) is 29.1 Å². The van der Waals surface area contributed by atoms with Crippen molar-refractivity contribution in [1.82, 2.24) is 4.90 Å². The zero-order chi connectivity index (χ0) is 27.0. The molecule has 7 rings (SSSR count). The Hall–Kier alpha value is -1.28. The van der Waals surface area contributed by atoms with Crippen molar-refractivity contribution in [3.05, 3.63) is 11.6 Å². The largest absolute Gasteiger partial charge is 0.275 e. The van der Waals surface area contributed by atoms with Gasteiger partial charge in [0, 0.05) is 35.4 Å². The number of rotatable bonds is 10. The van der Waals surface area contributed by atoms with Crippen LogP contribution in [0.5, 0.6) is 0 Å². The molecule has 6 fully saturated rings. The molecule has 208 valence electrons. The SMILES string of the molecule is CC1=CC(=O)N(CCCC(C)(OOC23CC(CCC2C)C3(C)C)OOC23CC(CCC2C)C3(C)C)C1=O. The number of nitrogens with zero attached hydrogens (tertiary/aromatic N) is 1. The molecule has 0 saturated heterocycles. The van der Waals surface area contributed by atoms with E-state index in [9.17, 15) is 9.59 Å². The summed E-state index contributed by atoms with van der Waals surface area (Å²) in [5.74, 6) is 0.406. The minimum Gasteiger partial charge on any atom is -0.275 e. The van der Waals surface area contributed by atoms with Gasteiger partial charge >= 0.3 is 0 Å². The van der Waals surface area contributed by atoms with Crippen molar-refractivity contribution in [2.24, 2.45) is 34.5 Å². The van der Waals surface area contributed by atoms with Crippen LogP contribution in [-0.4, -0.2) is 40.2 Å². The first-order chi connectivity index (χ1) is 17.2. The van der Waals surface area contributed by atoms with Crippen LogP contribution in [0.3, 0.4) is 0 Å². The summed E-state index contributed by atoms with van der Waals surface area (Å²) in [4.78, 5) is 51.3. The molecule has 7 nitrogen and oxygen atoms in total. The van der Waals surface area contributed by atoms with Crippen LogP contribution in [0, 0.1) is 34.5 Å². The third kappa shape index (κ3) is 3.89. The quantitative estimate of drug-likeness (QED) is 0.150. The molecule has 37 heavy (non-hydrogen) atoms. The Morgan fingerprint density at radius 3 is 1.76 bits per heavy atom. The summed E-state index contributed by atoms with van der Waals surface area (Å²) in [5.41, 5.74) is -0.154. The fraction of sp³-hybridized carbons (Fsp3) is 0.867. The van der Waals surface area contributed by atoms with E-state index < -0.39 is 5.79 Å². The minimum atomic E-state index is -1.17. The third-order valence-electron chi connectivity index (χ3n) is 11.7. The molecule has 4 bridgehead atoms. The Morgan fingerprint density at radius 1 is 0.892 bits per heavy atom. The maximum Gasteiger partial charge on any atom is 0.256 e. The summed E-state index contributed by atoms with van der Waals surface area (Å²) in [6, 6.07) is 0. The first kappa shape index (κ1) is 27.3. The van der Waals surface area contributed by atoms with E-state index in [1.807, 2.05) is 6.92 Å². The lowest BCUT2D eigenvalue weighted by atomic mass is 9.43. The molecule has 2 amide bonds. The van der Waals surface area contributed by atoms with Crippen LogP contribution in [0.25, 0.3) is 0 Å². The summed E-state index contributed by atoms with van der Waals surface area (Å²) in [6.07, 6.45) is 9.07. The Bertz CT molecular complexity index is 939. The highest BCUT2D eigenvalue weighted by molar-refractivity contribution is 6.15. The van der Waals surface area contributed by atoms with Crippen LogP contribution in [0.4, 0.5) is 0 Å². The van der Waals surface area contributed by atoms with Crippen LogP contribution in [0.15, 0.2) is 11.6 Å². The van der Waals surface area contributed by atoms with E-state index in [1.165, 1.54) is 23.8 Å². The van der Waals surface area contributed by atoms with Crippen LogP contribution >= 0.6 is 0 Å². The molecule has 7 aliphatic rings. The van der Waals surface area contributed by atoms with Gasteiger partial charge in [-0.25, -0.2) is 9.78 Å². The lowest BCUT2D eigenvalue weighted by molar-refractivity contribution is -0.579. The van der Waals surface area contributed by atoms with Gasteiger partial charge in [-0.05, 0) is 82.5 Å². The minimum absolute atomic E-state index is 0.0315. The zero-order valence-corrected chi connectivity index (χ0v) is 24.1. The average molecular weight is 518 g/mol. The van der Waals surface area contributed by atoms with Gasteiger partial charge in [-0.2, -0.15) is 9.78 Å². The van der Waals surface area contributed by atoms with Crippen molar-refractivity contribution in [2.45, 2.75) is 124 Å². The third-order valence-corrected chi connectivity index (χ3v) is 11.7. The summed E-state index contributed by atoms with van der Waals surface area (Å²) < 4.78 is 0. The van der Waals surface area contributed by atoms with Gasteiger partial charge in [-0.15, -0.1) is 0 Å². The predicted molar refractivity (Wildman–Crippen MR) is 138 cm³/mol. The van der Waals surface area contributed by atoms with Gasteiger partial charge in [0.2, 0.25) is 5.79 Å². The first-order valence-electron chi connectivity index (χ1n) is 14.5. The molecule has 1 heterocycles. The fourth-order valence-electron chi connectivity index (χ4n) is 8.44. The smallest absolute Gasteiger partial charge is 0.256 e. The number of hydrogen-bond acceptors (Lipinski definition) is 6. The van der Waals surface area contributed by atoms with Crippen molar-refractivity contribution < 1.29 is 29.1 Å². The van der Waals surface area contributed by atoms with E-state index in [4.69, 9.17) is 19.6 Å². The summed E-state index contributed by atoms with van der Waals surface area (Å²) in [7, 11) is 0. The van der Waals surface area contributed by atoms with Gasteiger partial charge in [0.1, 0.15) is 11.2 Å². The number of carbonyl (C=O) groups excluding carboxylic acids is 2. The molecule has 0 spiro atoms. The van der Waals surface area contributed by atoms with Crippen molar-refractivity contribution >= 4 is 11.8 Å². The molecule has 0 aromatic heterocycles. The van der Waals surface area contributed by atoms with Crippen molar-refractivity contribution in [2.75, 3.05) is 6.54 Å². The number of fused-ring (bicyclic) bond motifs is 4. The topological polar surface area (TPSA) is 74.3 Å². The standard InChI is InChI=1S/C30H47NO6/c1-19-16-24(32)31(25(19)33)15-9-14-28(8,34-36-29-17-22(26(29,4)5)12-10-20(29)2)35-37-30-18-23(27(30,6)7)13-11-21(30)3/h16,20-23H,9-15,17-18H2,1-8H3. The number of amides is 2. The van der Waals surface area contributed by atoms with E-state index in [0.29, 0.717) is 48.6 Å². The summed E-state index contributed by atoms with van der Waals surface area (Å²) >= 11 is 0. The Balaban J connectivity index is 1.29. The molecule has 0 aromatic carbocycles. The highest BCUT2D eigenvalue weighted by Gasteiger charge is 2.68. The number of imide groups is 1. The Morgan fingerprint density at radius 2 is 1.38 bits per heavy atom. The molecule has 6 saturated carbocycles. The van der Waals surface area contributed by atoms with Gasteiger partial charge in [0.05, 0.1) is 0 Å². The van der Waals surface area contributed by atoms with Gasteiger partial charge in [0.25, 0.3) is 11.8 Å². The van der Waals surface area contributed by atoms with Crippen LogP contribution < -0.4 is 0 Å². The van der Waals surface area contributed by atoms with Gasteiger partial charge in [-0.1, -0.05) is 41.5 Å². The monoisotopic (exact) mass is 517 g/mol. The van der Waals surface area contributed by atoms with Gasteiger partial charge < -0.3 is 0 Å². The lowest BCUT2D eigenvalue weighted by Gasteiger charge is -2.67. The van der Waals surface area contributed by atoms with Gasteiger partial charge in [0.15, 0.2) is 0 Å². The molecule has 6 unspecified atom stereocenters. The second-order valence-corrected chi connectivity index (χ2v) is 14.2. The molecule has 6 atom stereocenters. The van der Waals surface area contributed by atoms with E-state index in [1.54, 1.807) is 6.92 Å². The highest BCUT2D eigenvalue weighted by atomic mass is 17.3. The normalized spacial score (nSPS) is 41.1. The van der Waals surface area contributed by atoms with Gasteiger partial charge in [-0.3, -0.25) is 14.5 Å². The van der Waals surface area contributed by atoms with Crippen molar-refractivity contribution in [3.63, 3.8) is 0 Å². The zero-order valence-electron chi connectivity index (χ0n) is 24.1. The molecule has 1 aliphatic heterocycles. The summed E-state index contributed by atoms with van der Waals surface area (Å²) in [6.45, 7) is 17.5. The van der Waals surface area contributed by atoms with Crippen LogP contribution in [0.1, 0.15) is 107 Å². The summed E-state index contributed by atoms with van der Waals surface area (Å²) in [5, 5.41) is 0. The van der Waals surface area contributed by atoms with Crippen molar-refractivity contribution in [3.8, 4) is 0 Å². The van der Waals surface area contributed by atoms with Crippen LogP contribution in [0.2, 0.25) is 0 Å². The second-order valence-electron chi connectivity index (χ2n) is 14.2. The Labute approximate surface area is 222 Å². The molecule has 6 aliphatic carbocycles. The fourth-order valence-corrected chi connectivity index (χ4v) is 8.44. The molecule has 0 aromatic rings. The molecule has 0 N–H and O–H groups in total. The molecular weight excluding hydrogens is 470 g/mol. The van der Waals surface area contributed by atoms with E-state index in [2.05, 4.69) is 41.5 Å². The maximum absolute atomic E-state index is 12.4. The number of carbonyl (C=O) groups is 2. The number of hydrogen-bond donors (Lipinski definition) is 0. The van der Waals surface area contributed by atoms with E-state index in [0.717, 1.165) is 25.7 Å². The molecule has 0 radical (unpaired) electrons. The Kier molecular flexibility index (Phi) is 6.54. The average Bonchev–Trinajstić information content (AvgIpc) is 3.08. The van der Waals surface area contributed by atoms with E-state index >= 15 is 0 Å². The molecule has 7 heteroatoms. The lowest BCUT2D eigenvalue weighted by Crippen LogP contribution is -2.69. The van der Waals surface area contributed by atoms with Crippen molar-refractivity contribution in [1.29, 1.82) is 0 Å². The maximum atomic E-state index is 12.4. The van der Waals surface area contributed by atoms with E-state index in [-0.39, 0.29) is 33.8 Å². The first-order valence-corrected chi connectivity index (χ1v) is 14.5. The highest BCUT2D eigenvalue weighted by Crippen LogP contribution is 2.67. The predicted octanol–water partition coefficient (Wildman–Crippen LogP) is 6.12. The molecular formula is C30H47NO6.